The Balaban J connectivity index is 1.47. The highest BCUT2D eigenvalue weighted by atomic mass is 32.2. The Hall–Kier alpha value is -2.79. The van der Waals surface area contributed by atoms with Crippen molar-refractivity contribution in [2.75, 3.05) is 17.6 Å². The molecule has 0 radical (unpaired) electrons. The lowest BCUT2D eigenvalue weighted by Crippen LogP contribution is -2.34. The van der Waals surface area contributed by atoms with Gasteiger partial charge in [0, 0.05) is 10.6 Å². The molecule has 3 rings (SSSR count). The number of anilines is 1. The molecule has 0 spiro atoms. The molecular formula is C22H22N2O2S. The minimum absolute atomic E-state index is 0.0372. The Morgan fingerprint density at radius 2 is 1.67 bits per heavy atom. The van der Waals surface area contributed by atoms with Crippen LogP contribution in [0.1, 0.15) is 11.1 Å². The molecule has 0 aliphatic carbocycles. The lowest BCUT2D eigenvalue weighted by molar-refractivity contribution is -0.122. The van der Waals surface area contributed by atoms with Crippen molar-refractivity contribution in [3.05, 3.63) is 71.8 Å². The summed E-state index contributed by atoms with van der Waals surface area (Å²) >= 11 is 1.46. The van der Waals surface area contributed by atoms with Gasteiger partial charge in [-0.1, -0.05) is 42.5 Å². The molecule has 0 saturated heterocycles. The molecule has 0 saturated carbocycles. The smallest absolute Gasteiger partial charge is 0.243 e. The van der Waals surface area contributed by atoms with Crippen LogP contribution in [-0.2, 0) is 9.59 Å². The second-order valence-electron chi connectivity index (χ2n) is 6.37. The number of nitrogens with one attached hydrogen (secondary N) is 2. The van der Waals surface area contributed by atoms with Crippen molar-refractivity contribution in [3.63, 3.8) is 0 Å². The van der Waals surface area contributed by atoms with Crippen molar-refractivity contribution in [1.29, 1.82) is 0 Å². The van der Waals surface area contributed by atoms with Crippen molar-refractivity contribution < 1.29 is 9.59 Å². The topological polar surface area (TPSA) is 58.2 Å². The van der Waals surface area contributed by atoms with Gasteiger partial charge in [-0.15, -0.1) is 11.8 Å². The molecule has 2 amide bonds. The zero-order chi connectivity index (χ0) is 19.2. The monoisotopic (exact) mass is 378 g/mol. The fourth-order valence-corrected chi connectivity index (χ4v) is 3.49. The molecule has 0 aromatic heterocycles. The van der Waals surface area contributed by atoms with E-state index < -0.39 is 0 Å². The van der Waals surface area contributed by atoms with Gasteiger partial charge in [0.2, 0.25) is 11.8 Å². The first kappa shape index (κ1) is 19.0. The SMILES string of the molecule is Cc1cccc(NC(=O)CNC(=O)CSc2ccc3ccccc3c2)c1C. The van der Waals surface area contributed by atoms with E-state index in [0.717, 1.165) is 27.1 Å². The summed E-state index contributed by atoms with van der Waals surface area (Å²) in [7, 11) is 0. The predicted octanol–water partition coefficient (Wildman–Crippen LogP) is 4.30. The van der Waals surface area contributed by atoms with Gasteiger partial charge in [0.15, 0.2) is 0 Å². The summed E-state index contributed by atoms with van der Waals surface area (Å²) in [6.07, 6.45) is 0. The molecule has 2 N–H and O–H groups in total. The van der Waals surface area contributed by atoms with E-state index in [1.807, 2.05) is 56.3 Å². The first-order valence-electron chi connectivity index (χ1n) is 8.77. The van der Waals surface area contributed by atoms with Gasteiger partial charge < -0.3 is 10.6 Å². The molecule has 138 valence electrons. The van der Waals surface area contributed by atoms with Crippen LogP contribution >= 0.6 is 11.8 Å². The first-order chi connectivity index (χ1) is 13.0. The zero-order valence-electron chi connectivity index (χ0n) is 15.4. The van der Waals surface area contributed by atoms with Crippen molar-refractivity contribution in [2.45, 2.75) is 18.7 Å². The standard InChI is InChI=1S/C22H22N2O2S/c1-15-6-5-9-20(16(15)2)24-21(25)13-23-22(26)14-27-19-11-10-17-7-3-4-8-18(17)12-19/h3-12H,13-14H2,1-2H3,(H,23,26)(H,24,25). The number of fused-ring (bicyclic) bond motifs is 1. The number of aryl methyl sites for hydroxylation is 1. The average molecular weight is 378 g/mol. The Kier molecular flexibility index (Phi) is 6.14. The summed E-state index contributed by atoms with van der Waals surface area (Å²) in [6, 6.07) is 20.0. The van der Waals surface area contributed by atoms with E-state index in [-0.39, 0.29) is 24.1 Å². The number of benzene rings is 3. The molecule has 0 heterocycles. The normalized spacial score (nSPS) is 10.6. The van der Waals surface area contributed by atoms with Crippen LogP contribution in [0.4, 0.5) is 5.69 Å². The minimum atomic E-state index is -0.229. The Morgan fingerprint density at radius 3 is 2.48 bits per heavy atom. The van der Waals surface area contributed by atoms with Crippen LogP contribution in [0.5, 0.6) is 0 Å². The lowest BCUT2D eigenvalue weighted by Gasteiger charge is -2.11. The number of carbonyl (C=O) groups excluding carboxylic acids is 2. The lowest BCUT2D eigenvalue weighted by atomic mass is 10.1. The molecule has 27 heavy (non-hydrogen) atoms. The summed E-state index contributed by atoms with van der Waals surface area (Å²) in [5.74, 6) is -0.119. The second kappa shape index (κ2) is 8.73. The summed E-state index contributed by atoms with van der Waals surface area (Å²) in [5.41, 5.74) is 2.92. The summed E-state index contributed by atoms with van der Waals surface area (Å²) in [4.78, 5) is 25.1. The number of thioether (sulfide) groups is 1. The highest BCUT2D eigenvalue weighted by molar-refractivity contribution is 8.00. The molecule has 5 heteroatoms. The quantitative estimate of drug-likeness (QED) is 0.629. The number of hydrogen-bond acceptors (Lipinski definition) is 3. The largest absolute Gasteiger partial charge is 0.346 e. The maximum Gasteiger partial charge on any atom is 0.243 e. The van der Waals surface area contributed by atoms with Crippen molar-refractivity contribution in [1.82, 2.24) is 5.32 Å². The Bertz CT molecular complexity index is 985. The van der Waals surface area contributed by atoms with Crippen LogP contribution in [0.15, 0.2) is 65.6 Å². The highest BCUT2D eigenvalue weighted by Gasteiger charge is 2.09. The van der Waals surface area contributed by atoms with E-state index in [1.165, 1.54) is 17.1 Å². The first-order valence-corrected chi connectivity index (χ1v) is 9.76. The van der Waals surface area contributed by atoms with Gasteiger partial charge in [-0.25, -0.2) is 0 Å². The van der Waals surface area contributed by atoms with Gasteiger partial charge in [-0.2, -0.15) is 0 Å². The van der Waals surface area contributed by atoms with E-state index in [9.17, 15) is 9.59 Å². The molecule has 0 bridgehead atoms. The second-order valence-corrected chi connectivity index (χ2v) is 7.42. The molecule has 3 aromatic rings. The van der Waals surface area contributed by atoms with Crippen molar-refractivity contribution >= 4 is 40.0 Å². The van der Waals surface area contributed by atoms with E-state index in [1.54, 1.807) is 0 Å². The fourth-order valence-electron chi connectivity index (χ4n) is 2.72. The Morgan fingerprint density at radius 1 is 0.889 bits per heavy atom. The third-order valence-corrected chi connectivity index (χ3v) is 5.41. The van der Waals surface area contributed by atoms with E-state index in [2.05, 4.69) is 28.8 Å². The van der Waals surface area contributed by atoms with Gasteiger partial charge >= 0.3 is 0 Å². The molecular weight excluding hydrogens is 356 g/mol. The Labute approximate surface area is 163 Å². The summed E-state index contributed by atoms with van der Waals surface area (Å²) < 4.78 is 0. The third-order valence-electron chi connectivity index (χ3n) is 4.42. The van der Waals surface area contributed by atoms with Gasteiger partial charge in [0.25, 0.3) is 0 Å². The fraction of sp³-hybridized carbons (Fsp3) is 0.182. The zero-order valence-corrected chi connectivity index (χ0v) is 16.2. The average Bonchev–Trinajstić information content (AvgIpc) is 2.68. The maximum atomic E-state index is 12.1. The highest BCUT2D eigenvalue weighted by Crippen LogP contribution is 2.23. The van der Waals surface area contributed by atoms with E-state index >= 15 is 0 Å². The molecule has 3 aromatic carbocycles. The summed E-state index contributed by atoms with van der Waals surface area (Å²) in [5, 5.41) is 7.84. The van der Waals surface area contributed by atoms with Crippen LogP contribution in [0.25, 0.3) is 10.8 Å². The molecule has 0 aliphatic rings. The maximum absolute atomic E-state index is 12.1. The van der Waals surface area contributed by atoms with Gasteiger partial charge in [0.05, 0.1) is 12.3 Å². The number of carbonyl (C=O) groups is 2. The van der Waals surface area contributed by atoms with Gasteiger partial charge in [-0.3, -0.25) is 9.59 Å². The number of rotatable bonds is 6. The van der Waals surface area contributed by atoms with Crippen LogP contribution in [-0.4, -0.2) is 24.1 Å². The van der Waals surface area contributed by atoms with E-state index in [0.29, 0.717) is 0 Å². The molecule has 0 fully saturated rings. The van der Waals surface area contributed by atoms with E-state index in [4.69, 9.17) is 0 Å². The predicted molar refractivity (Wildman–Crippen MR) is 112 cm³/mol. The van der Waals surface area contributed by atoms with Crippen LogP contribution in [0.3, 0.4) is 0 Å². The molecule has 0 aliphatic heterocycles. The van der Waals surface area contributed by atoms with Crippen LogP contribution in [0, 0.1) is 13.8 Å². The van der Waals surface area contributed by atoms with Crippen molar-refractivity contribution in [2.24, 2.45) is 0 Å². The molecule has 4 nitrogen and oxygen atoms in total. The molecule has 0 unspecified atom stereocenters. The van der Waals surface area contributed by atoms with Crippen LogP contribution in [0.2, 0.25) is 0 Å². The van der Waals surface area contributed by atoms with Crippen molar-refractivity contribution in [3.8, 4) is 0 Å². The van der Waals surface area contributed by atoms with Gasteiger partial charge in [0.1, 0.15) is 0 Å². The number of hydrogen-bond donors (Lipinski definition) is 2. The minimum Gasteiger partial charge on any atom is -0.346 e. The third kappa shape index (κ3) is 5.11. The summed E-state index contributed by atoms with van der Waals surface area (Å²) in [6.45, 7) is 3.92. The van der Waals surface area contributed by atoms with Crippen LogP contribution < -0.4 is 10.6 Å². The number of amides is 2. The molecule has 0 atom stereocenters. The van der Waals surface area contributed by atoms with Gasteiger partial charge in [-0.05, 0) is 53.9 Å².